The minimum Gasteiger partial charge on any atom is -0.354 e. The van der Waals surface area contributed by atoms with Gasteiger partial charge in [0.1, 0.15) is 12.6 Å². The molecule has 7 nitrogen and oxygen atoms in total. The van der Waals surface area contributed by atoms with Gasteiger partial charge in [-0.15, -0.1) is 0 Å². The van der Waals surface area contributed by atoms with Gasteiger partial charge in [-0.25, -0.2) is 8.42 Å². The lowest BCUT2D eigenvalue weighted by Gasteiger charge is -2.34. The quantitative estimate of drug-likeness (QED) is 0.163. The van der Waals surface area contributed by atoms with Gasteiger partial charge in [0.2, 0.25) is 11.8 Å². The van der Waals surface area contributed by atoms with Gasteiger partial charge in [-0.1, -0.05) is 103 Å². The molecule has 0 saturated heterocycles. The summed E-state index contributed by atoms with van der Waals surface area (Å²) in [5.41, 5.74) is 3.11. The Kier molecular flexibility index (Phi) is 11.6. The van der Waals surface area contributed by atoms with E-state index < -0.39 is 28.5 Å². The molecule has 0 heterocycles. The Bertz CT molecular complexity index is 1610. The van der Waals surface area contributed by atoms with E-state index >= 15 is 0 Å². The van der Waals surface area contributed by atoms with Crippen LogP contribution in [-0.2, 0) is 32.6 Å². The summed E-state index contributed by atoms with van der Waals surface area (Å²) in [6.07, 6.45) is 1.98. The molecule has 4 rings (SSSR count). The normalized spacial score (nSPS) is 11.9. The van der Waals surface area contributed by atoms with Crippen molar-refractivity contribution in [3.63, 3.8) is 0 Å². The number of nitrogens with one attached hydrogen (secondary N) is 1. The number of hydrogen-bond donors (Lipinski definition) is 1. The molecule has 0 aliphatic heterocycles. The largest absolute Gasteiger partial charge is 0.354 e. The number of benzene rings is 4. The second-order valence-corrected chi connectivity index (χ2v) is 13.0. The lowest BCUT2D eigenvalue weighted by Crippen LogP contribution is -2.53. The van der Waals surface area contributed by atoms with E-state index in [-0.39, 0.29) is 23.8 Å². The molecule has 0 fully saturated rings. The van der Waals surface area contributed by atoms with E-state index in [4.69, 9.17) is 11.6 Å². The van der Waals surface area contributed by atoms with E-state index in [9.17, 15) is 18.0 Å². The van der Waals surface area contributed by atoms with Crippen LogP contribution < -0.4 is 9.62 Å². The summed E-state index contributed by atoms with van der Waals surface area (Å²) < 4.78 is 29.1. The molecule has 1 N–H and O–H groups in total. The van der Waals surface area contributed by atoms with Crippen LogP contribution in [0.15, 0.2) is 114 Å². The Morgan fingerprint density at radius 3 is 2.05 bits per heavy atom. The van der Waals surface area contributed by atoms with Crippen molar-refractivity contribution in [3.05, 3.63) is 131 Å². The van der Waals surface area contributed by atoms with Crippen LogP contribution in [0.25, 0.3) is 0 Å². The zero-order valence-corrected chi connectivity index (χ0v) is 26.6. The zero-order valence-electron chi connectivity index (χ0n) is 25.0. The number of sulfonamides is 1. The summed E-state index contributed by atoms with van der Waals surface area (Å²) in [4.78, 5) is 29.7. The highest BCUT2D eigenvalue weighted by molar-refractivity contribution is 7.92. The second-order valence-electron chi connectivity index (χ2n) is 10.7. The van der Waals surface area contributed by atoms with Gasteiger partial charge in [-0.3, -0.25) is 13.9 Å². The van der Waals surface area contributed by atoms with Gasteiger partial charge in [-0.05, 0) is 60.9 Å². The molecule has 44 heavy (non-hydrogen) atoms. The van der Waals surface area contributed by atoms with Crippen LogP contribution >= 0.6 is 11.6 Å². The highest BCUT2D eigenvalue weighted by Crippen LogP contribution is 2.26. The SMILES string of the molecule is CCCCNC(=O)C(Cc1ccccc1)N(Cc1ccc(C)cc1)C(=O)CN(c1ccccc1)S(=O)(=O)c1ccc(Cl)cc1. The van der Waals surface area contributed by atoms with E-state index in [0.29, 0.717) is 17.3 Å². The van der Waals surface area contributed by atoms with Crippen molar-refractivity contribution in [2.75, 3.05) is 17.4 Å². The molecule has 1 unspecified atom stereocenters. The lowest BCUT2D eigenvalue weighted by molar-refractivity contribution is -0.140. The van der Waals surface area contributed by atoms with Gasteiger partial charge >= 0.3 is 0 Å². The molecular formula is C35H38ClN3O4S. The third-order valence-electron chi connectivity index (χ3n) is 7.30. The van der Waals surface area contributed by atoms with E-state index in [1.165, 1.54) is 29.2 Å². The average molecular weight is 632 g/mol. The molecule has 0 aliphatic rings. The van der Waals surface area contributed by atoms with Crippen molar-refractivity contribution in [1.29, 1.82) is 0 Å². The fraction of sp³-hybridized carbons (Fsp3) is 0.257. The third kappa shape index (κ3) is 8.71. The van der Waals surface area contributed by atoms with Crippen LogP contribution in [0.1, 0.15) is 36.5 Å². The highest BCUT2D eigenvalue weighted by Gasteiger charge is 2.34. The predicted octanol–water partition coefficient (Wildman–Crippen LogP) is 6.40. The number of nitrogens with zero attached hydrogens (tertiary/aromatic N) is 2. The Labute approximate surface area is 265 Å². The number of aryl methyl sites for hydroxylation is 1. The van der Waals surface area contributed by atoms with E-state index in [0.717, 1.165) is 33.8 Å². The summed E-state index contributed by atoms with van der Waals surface area (Å²) in [5.74, 6) is -0.784. The molecule has 4 aromatic carbocycles. The maximum absolute atomic E-state index is 14.4. The molecule has 1 atom stereocenters. The molecule has 2 amide bonds. The van der Waals surface area contributed by atoms with Gasteiger partial charge < -0.3 is 10.2 Å². The number of carbonyl (C=O) groups excluding carboxylic acids is 2. The van der Waals surface area contributed by atoms with Crippen molar-refractivity contribution >= 4 is 39.1 Å². The Balaban J connectivity index is 1.76. The summed E-state index contributed by atoms with van der Waals surface area (Å²) in [6.45, 7) is 4.12. The summed E-state index contributed by atoms with van der Waals surface area (Å²) in [6, 6.07) is 30.7. The van der Waals surface area contributed by atoms with Gasteiger partial charge in [0.05, 0.1) is 10.6 Å². The molecule has 0 radical (unpaired) electrons. The standard InChI is InChI=1S/C35H38ClN3O4S/c1-3-4-23-37-35(41)33(24-28-11-7-5-8-12-28)38(25-29-17-15-27(2)16-18-29)34(40)26-39(31-13-9-6-10-14-31)44(42,43)32-21-19-30(36)20-22-32/h5-22,33H,3-4,23-26H2,1-2H3,(H,37,41). The number of unbranched alkanes of at least 4 members (excludes halogenated alkanes) is 1. The first-order chi connectivity index (χ1) is 21.2. The van der Waals surface area contributed by atoms with E-state index in [1.807, 2.05) is 68.4 Å². The Morgan fingerprint density at radius 1 is 0.818 bits per heavy atom. The number of anilines is 1. The number of rotatable bonds is 14. The molecule has 9 heteroatoms. The first-order valence-corrected chi connectivity index (χ1v) is 16.5. The van der Waals surface area contributed by atoms with Crippen LogP contribution in [0.5, 0.6) is 0 Å². The molecule has 0 saturated carbocycles. The van der Waals surface area contributed by atoms with Crippen molar-refractivity contribution < 1.29 is 18.0 Å². The molecule has 0 aliphatic carbocycles. The number of amides is 2. The number of para-hydroxylation sites is 1. The maximum atomic E-state index is 14.4. The van der Waals surface area contributed by atoms with Crippen LogP contribution in [0, 0.1) is 6.92 Å². The van der Waals surface area contributed by atoms with Crippen molar-refractivity contribution in [1.82, 2.24) is 10.2 Å². The lowest BCUT2D eigenvalue weighted by atomic mass is 10.0. The smallest absolute Gasteiger partial charge is 0.264 e. The number of hydrogen-bond acceptors (Lipinski definition) is 4. The van der Waals surface area contributed by atoms with Crippen LogP contribution in [0.2, 0.25) is 5.02 Å². The topological polar surface area (TPSA) is 86.8 Å². The minimum atomic E-state index is -4.17. The first kappa shape index (κ1) is 32.8. The van der Waals surface area contributed by atoms with E-state index in [2.05, 4.69) is 5.32 Å². The monoisotopic (exact) mass is 631 g/mol. The third-order valence-corrected chi connectivity index (χ3v) is 9.34. The molecule has 0 aromatic heterocycles. The summed E-state index contributed by atoms with van der Waals surface area (Å²) >= 11 is 6.04. The van der Waals surface area contributed by atoms with Crippen molar-refractivity contribution in [2.45, 2.75) is 50.6 Å². The maximum Gasteiger partial charge on any atom is 0.264 e. The van der Waals surface area contributed by atoms with Crippen LogP contribution in [0.4, 0.5) is 5.69 Å². The van der Waals surface area contributed by atoms with Crippen molar-refractivity contribution in [3.8, 4) is 0 Å². The fourth-order valence-electron chi connectivity index (χ4n) is 4.81. The van der Waals surface area contributed by atoms with Crippen molar-refractivity contribution in [2.24, 2.45) is 0 Å². The highest BCUT2D eigenvalue weighted by atomic mass is 35.5. The Morgan fingerprint density at radius 2 is 1.43 bits per heavy atom. The number of carbonyl (C=O) groups is 2. The minimum absolute atomic E-state index is 0.00165. The molecule has 0 bridgehead atoms. The predicted molar refractivity (Wildman–Crippen MR) is 176 cm³/mol. The number of halogens is 1. The molecular weight excluding hydrogens is 594 g/mol. The molecule has 4 aromatic rings. The summed E-state index contributed by atoms with van der Waals surface area (Å²) in [7, 11) is -4.17. The van der Waals surface area contributed by atoms with Crippen LogP contribution in [-0.4, -0.2) is 44.3 Å². The zero-order chi connectivity index (χ0) is 31.5. The molecule has 230 valence electrons. The molecule has 0 spiro atoms. The van der Waals surface area contributed by atoms with E-state index in [1.54, 1.807) is 30.3 Å². The Hall–Kier alpha value is -4.14. The van der Waals surface area contributed by atoms with Gasteiger partial charge in [0.25, 0.3) is 10.0 Å². The average Bonchev–Trinajstić information content (AvgIpc) is 3.03. The van der Waals surface area contributed by atoms with Gasteiger partial charge in [0.15, 0.2) is 0 Å². The second kappa shape index (κ2) is 15.5. The summed E-state index contributed by atoms with van der Waals surface area (Å²) in [5, 5.41) is 3.40. The first-order valence-electron chi connectivity index (χ1n) is 14.7. The van der Waals surface area contributed by atoms with Gasteiger partial charge in [0, 0.05) is 24.5 Å². The fourth-order valence-corrected chi connectivity index (χ4v) is 6.35. The van der Waals surface area contributed by atoms with Gasteiger partial charge in [-0.2, -0.15) is 0 Å². The van der Waals surface area contributed by atoms with Crippen LogP contribution in [0.3, 0.4) is 0 Å².